The van der Waals surface area contributed by atoms with E-state index in [1.807, 2.05) is 38.4 Å². The van der Waals surface area contributed by atoms with E-state index in [2.05, 4.69) is 26.1 Å². The summed E-state index contributed by atoms with van der Waals surface area (Å²) in [5.41, 5.74) is 0.802. The van der Waals surface area contributed by atoms with E-state index in [0.717, 1.165) is 5.69 Å². The summed E-state index contributed by atoms with van der Waals surface area (Å²) < 4.78 is 12.3. The van der Waals surface area contributed by atoms with Gasteiger partial charge in [-0.05, 0) is 39.8 Å². The highest BCUT2D eigenvalue weighted by Crippen LogP contribution is 2.28. The molecule has 1 N–H and O–H groups in total. The number of amides is 2. The standard InChI is InChI=1S/C24H36N4O4/c1-10-27(22(30)16-11-17(31-8)13-18(12-16)32-9)15-21(29)25-20-14-19(23(2,3)4)26-28(20)24(5,6)7/h11-14H,10,15H2,1-9H3,(H,25,29). The molecule has 2 rings (SSSR count). The van der Waals surface area contributed by atoms with Gasteiger partial charge in [-0.15, -0.1) is 0 Å². The average molecular weight is 445 g/mol. The highest BCUT2D eigenvalue weighted by molar-refractivity contribution is 5.99. The lowest BCUT2D eigenvalue weighted by molar-refractivity contribution is -0.116. The minimum atomic E-state index is -0.316. The van der Waals surface area contributed by atoms with Crippen molar-refractivity contribution in [2.75, 3.05) is 32.6 Å². The Labute approximate surface area is 190 Å². The van der Waals surface area contributed by atoms with Crippen LogP contribution < -0.4 is 14.8 Å². The summed E-state index contributed by atoms with van der Waals surface area (Å²) in [4.78, 5) is 27.5. The van der Waals surface area contributed by atoms with Crippen molar-refractivity contribution in [2.24, 2.45) is 0 Å². The van der Waals surface area contributed by atoms with E-state index in [9.17, 15) is 9.59 Å². The predicted molar refractivity (Wildman–Crippen MR) is 126 cm³/mol. The molecular weight excluding hydrogens is 408 g/mol. The van der Waals surface area contributed by atoms with Crippen molar-refractivity contribution in [3.05, 3.63) is 35.5 Å². The first-order chi connectivity index (χ1) is 14.8. The number of nitrogens with one attached hydrogen (secondary N) is 1. The number of rotatable bonds is 7. The van der Waals surface area contributed by atoms with Gasteiger partial charge in [0, 0.05) is 29.7 Å². The molecule has 0 aliphatic heterocycles. The van der Waals surface area contributed by atoms with Crippen LogP contribution in [0.2, 0.25) is 0 Å². The molecule has 2 amide bonds. The van der Waals surface area contributed by atoms with E-state index in [-0.39, 0.29) is 29.3 Å². The van der Waals surface area contributed by atoms with Crippen LogP contribution in [-0.4, -0.2) is 53.8 Å². The van der Waals surface area contributed by atoms with Crippen molar-refractivity contribution in [3.8, 4) is 11.5 Å². The summed E-state index contributed by atoms with van der Waals surface area (Å²) in [6.45, 7) is 14.4. The molecule has 0 unspecified atom stereocenters. The number of likely N-dealkylation sites (N-methyl/N-ethyl adjacent to an activating group) is 1. The van der Waals surface area contributed by atoms with E-state index >= 15 is 0 Å². The molecule has 1 aromatic carbocycles. The van der Waals surface area contributed by atoms with Gasteiger partial charge in [-0.1, -0.05) is 20.8 Å². The van der Waals surface area contributed by atoms with Crippen molar-refractivity contribution >= 4 is 17.6 Å². The van der Waals surface area contributed by atoms with E-state index in [4.69, 9.17) is 14.6 Å². The van der Waals surface area contributed by atoms with E-state index in [0.29, 0.717) is 29.4 Å². The summed E-state index contributed by atoms with van der Waals surface area (Å²) in [6.07, 6.45) is 0. The van der Waals surface area contributed by atoms with Gasteiger partial charge in [-0.2, -0.15) is 5.10 Å². The zero-order valence-corrected chi connectivity index (χ0v) is 20.7. The average Bonchev–Trinajstić information content (AvgIpc) is 3.15. The summed E-state index contributed by atoms with van der Waals surface area (Å²) in [5, 5.41) is 7.66. The Kier molecular flexibility index (Phi) is 7.59. The maximum Gasteiger partial charge on any atom is 0.254 e. The van der Waals surface area contributed by atoms with Gasteiger partial charge in [0.15, 0.2) is 0 Å². The second kappa shape index (κ2) is 9.63. The molecule has 1 heterocycles. The zero-order valence-electron chi connectivity index (χ0n) is 20.7. The lowest BCUT2D eigenvalue weighted by atomic mass is 9.92. The highest BCUT2D eigenvalue weighted by Gasteiger charge is 2.26. The number of hydrogen-bond acceptors (Lipinski definition) is 5. The Morgan fingerprint density at radius 3 is 2.00 bits per heavy atom. The van der Waals surface area contributed by atoms with Gasteiger partial charge in [0.05, 0.1) is 25.5 Å². The molecule has 0 bridgehead atoms. The first kappa shape index (κ1) is 25.2. The normalized spacial score (nSPS) is 11.8. The molecule has 2 aromatic rings. The number of hydrogen-bond donors (Lipinski definition) is 1. The predicted octanol–water partition coefficient (Wildman–Crippen LogP) is 4.05. The number of methoxy groups -OCH3 is 2. The number of benzene rings is 1. The maximum atomic E-state index is 13.1. The topological polar surface area (TPSA) is 85.7 Å². The van der Waals surface area contributed by atoms with Crippen LogP contribution in [0.1, 0.15) is 64.5 Å². The monoisotopic (exact) mass is 444 g/mol. The van der Waals surface area contributed by atoms with Crippen LogP contribution in [0.25, 0.3) is 0 Å². The van der Waals surface area contributed by atoms with Crippen LogP contribution in [0, 0.1) is 0 Å². The fraction of sp³-hybridized carbons (Fsp3) is 0.542. The van der Waals surface area contributed by atoms with E-state index < -0.39 is 0 Å². The van der Waals surface area contributed by atoms with Gasteiger partial charge in [0.2, 0.25) is 5.91 Å². The summed E-state index contributed by atoms with van der Waals surface area (Å²) in [6, 6.07) is 6.86. The quantitative estimate of drug-likeness (QED) is 0.696. The molecule has 8 heteroatoms. The van der Waals surface area contributed by atoms with Gasteiger partial charge >= 0.3 is 0 Å². The van der Waals surface area contributed by atoms with E-state index in [1.54, 1.807) is 18.2 Å². The summed E-state index contributed by atoms with van der Waals surface area (Å²) >= 11 is 0. The van der Waals surface area contributed by atoms with Crippen molar-refractivity contribution in [1.82, 2.24) is 14.7 Å². The van der Waals surface area contributed by atoms with Crippen LogP contribution in [0.5, 0.6) is 11.5 Å². The number of carbonyl (C=O) groups is 2. The lowest BCUT2D eigenvalue weighted by Gasteiger charge is -2.24. The zero-order chi connectivity index (χ0) is 24.3. The Balaban J connectivity index is 2.25. The number of carbonyl (C=O) groups excluding carboxylic acids is 2. The smallest absolute Gasteiger partial charge is 0.254 e. The van der Waals surface area contributed by atoms with Gasteiger partial charge in [0.1, 0.15) is 23.9 Å². The Hall–Kier alpha value is -3.03. The number of nitrogens with zero attached hydrogens (tertiary/aromatic N) is 3. The van der Waals surface area contributed by atoms with Gasteiger partial charge in [0.25, 0.3) is 5.91 Å². The van der Waals surface area contributed by atoms with Crippen LogP contribution in [0.15, 0.2) is 24.3 Å². The highest BCUT2D eigenvalue weighted by atomic mass is 16.5. The maximum absolute atomic E-state index is 13.1. The Morgan fingerprint density at radius 1 is 1.00 bits per heavy atom. The van der Waals surface area contributed by atoms with Crippen LogP contribution in [0.3, 0.4) is 0 Å². The van der Waals surface area contributed by atoms with Crippen LogP contribution >= 0.6 is 0 Å². The summed E-state index contributed by atoms with van der Waals surface area (Å²) in [5.74, 6) is 1.06. The Bertz CT molecular complexity index is 945. The van der Waals surface area contributed by atoms with Crippen LogP contribution in [-0.2, 0) is 15.7 Å². The third kappa shape index (κ3) is 6.02. The number of anilines is 1. The molecule has 8 nitrogen and oxygen atoms in total. The molecule has 0 spiro atoms. The van der Waals surface area contributed by atoms with E-state index in [1.165, 1.54) is 19.1 Å². The molecule has 32 heavy (non-hydrogen) atoms. The van der Waals surface area contributed by atoms with Crippen molar-refractivity contribution in [3.63, 3.8) is 0 Å². The minimum absolute atomic E-state index is 0.0883. The number of aromatic nitrogens is 2. The molecule has 0 fully saturated rings. The molecule has 1 aromatic heterocycles. The first-order valence-electron chi connectivity index (χ1n) is 10.7. The van der Waals surface area contributed by atoms with Gasteiger partial charge in [-0.3, -0.25) is 9.59 Å². The molecule has 0 aliphatic carbocycles. The fourth-order valence-corrected chi connectivity index (χ4v) is 3.14. The van der Waals surface area contributed by atoms with Gasteiger partial charge in [-0.25, -0.2) is 4.68 Å². The SMILES string of the molecule is CCN(CC(=O)Nc1cc(C(C)(C)C)nn1C(C)(C)C)C(=O)c1cc(OC)cc(OC)c1. The summed E-state index contributed by atoms with van der Waals surface area (Å²) in [7, 11) is 3.05. The molecule has 176 valence electrons. The fourth-order valence-electron chi connectivity index (χ4n) is 3.14. The largest absolute Gasteiger partial charge is 0.497 e. The first-order valence-corrected chi connectivity index (χ1v) is 10.7. The molecular formula is C24H36N4O4. The molecule has 0 saturated heterocycles. The molecule has 0 atom stereocenters. The Morgan fingerprint density at radius 2 is 1.56 bits per heavy atom. The molecule has 0 radical (unpaired) electrons. The third-order valence-electron chi connectivity index (χ3n) is 4.98. The van der Waals surface area contributed by atoms with Gasteiger partial charge < -0.3 is 19.7 Å². The lowest BCUT2D eigenvalue weighted by Crippen LogP contribution is -2.38. The number of ether oxygens (including phenoxy) is 2. The van der Waals surface area contributed by atoms with Crippen molar-refractivity contribution in [1.29, 1.82) is 0 Å². The molecule has 0 saturated carbocycles. The minimum Gasteiger partial charge on any atom is -0.497 e. The van der Waals surface area contributed by atoms with Crippen LogP contribution in [0.4, 0.5) is 5.82 Å². The van der Waals surface area contributed by atoms with Crippen molar-refractivity contribution in [2.45, 2.75) is 59.4 Å². The molecule has 0 aliphatic rings. The third-order valence-corrected chi connectivity index (χ3v) is 4.98. The second-order valence-corrected chi connectivity index (χ2v) is 9.72. The second-order valence-electron chi connectivity index (χ2n) is 9.72. The van der Waals surface area contributed by atoms with Crippen molar-refractivity contribution < 1.29 is 19.1 Å².